The molecule has 28 heavy (non-hydrogen) atoms. The van der Waals surface area contributed by atoms with Gasteiger partial charge in [0.1, 0.15) is 17.2 Å². The van der Waals surface area contributed by atoms with E-state index in [1.807, 2.05) is 35.6 Å². The zero-order valence-electron chi connectivity index (χ0n) is 15.7. The Kier molecular flexibility index (Phi) is 3.88. The van der Waals surface area contributed by atoms with Crippen LogP contribution in [0.1, 0.15) is 24.6 Å². The Morgan fingerprint density at radius 3 is 2.71 bits per heavy atom. The molecule has 9 heteroatoms. The number of benzene rings is 1. The Morgan fingerprint density at radius 1 is 1.11 bits per heavy atom. The van der Waals surface area contributed by atoms with Gasteiger partial charge in [0, 0.05) is 39.2 Å². The van der Waals surface area contributed by atoms with E-state index in [2.05, 4.69) is 25.2 Å². The highest BCUT2D eigenvalue weighted by molar-refractivity contribution is 5.74. The third kappa shape index (κ3) is 2.83. The van der Waals surface area contributed by atoms with Crippen LogP contribution in [0.15, 0.2) is 34.7 Å². The summed E-state index contributed by atoms with van der Waals surface area (Å²) in [5.41, 5.74) is 1.90. The zero-order chi connectivity index (χ0) is 19.3. The Bertz CT molecular complexity index is 1140. The Balaban J connectivity index is 1.36. The first-order valence-electron chi connectivity index (χ1n) is 9.29. The molecule has 3 aromatic heterocycles. The summed E-state index contributed by atoms with van der Waals surface area (Å²) in [6.07, 6.45) is 1.78. The minimum atomic E-state index is -0.311. The fourth-order valence-corrected chi connectivity index (χ4v) is 3.64. The second-order valence-corrected chi connectivity index (χ2v) is 7.28. The highest BCUT2D eigenvalue weighted by Gasteiger charge is 2.27. The predicted molar refractivity (Wildman–Crippen MR) is 103 cm³/mol. The number of fused-ring (bicyclic) bond motifs is 2. The van der Waals surface area contributed by atoms with Crippen molar-refractivity contribution in [1.29, 1.82) is 0 Å². The maximum absolute atomic E-state index is 13.4. The van der Waals surface area contributed by atoms with Crippen LogP contribution in [0.2, 0.25) is 0 Å². The molecule has 0 aliphatic carbocycles. The van der Waals surface area contributed by atoms with E-state index < -0.39 is 0 Å². The molecule has 8 nitrogen and oxygen atoms in total. The van der Waals surface area contributed by atoms with Gasteiger partial charge < -0.3 is 14.2 Å². The quantitative estimate of drug-likeness (QED) is 0.540. The Labute approximate surface area is 160 Å². The molecule has 0 spiro atoms. The molecule has 4 heterocycles. The first kappa shape index (κ1) is 16.9. The third-order valence-electron chi connectivity index (χ3n) is 5.20. The first-order chi connectivity index (χ1) is 13.6. The summed E-state index contributed by atoms with van der Waals surface area (Å²) < 4.78 is 21.0. The Morgan fingerprint density at radius 2 is 1.93 bits per heavy atom. The summed E-state index contributed by atoms with van der Waals surface area (Å²) in [7, 11) is 3.92. The van der Waals surface area contributed by atoms with E-state index in [9.17, 15) is 4.39 Å². The van der Waals surface area contributed by atoms with Gasteiger partial charge in [0.2, 0.25) is 0 Å². The molecule has 1 aromatic carbocycles. The molecule has 144 valence electrons. The molecular formula is C19H20FN7O. The van der Waals surface area contributed by atoms with E-state index in [-0.39, 0.29) is 11.7 Å². The molecule has 0 unspecified atom stereocenters. The number of piperidine rings is 1. The highest BCUT2D eigenvalue weighted by Crippen LogP contribution is 2.31. The largest absolute Gasteiger partial charge is 0.423 e. The van der Waals surface area contributed by atoms with Gasteiger partial charge >= 0.3 is 0 Å². The maximum atomic E-state index is 13.4. The van der Waals surface area contributed by atoms with Gasteiger partial charge in [0.15, 0.2) is 17.1 Å². The number of halogens is 1. The van der Waals surface area contributed by atoms with Crippen LogP contribution in [0.3, 0.4) is 0 Å². The standard InChI is InChI=1S/C19H20FN7O/c1-25(2)17-6-5-16-22-23-18(27(16)24-17)12-7-9-26(10-8-12)19-21-14-11-13(20)3-4-15(14)28-19/h3-6,11-12H,7-10H2,1-2H3. The number of oxazole rings is 1. The van der Waals surface area contributed by atoms with Gasteiger partial charge in [-0.05, 0) is 37.1 Å². The number of rotatable bonds is 3. The lowest BCUT2D eigenvalue weighted by molar-refractivity contribution is 0.449. The van der Waals surface area contributed by atoms with Crippen LogP contribution < -0.4 is 9.80 Å². The summed E-state index contributed by atoms with van der Waals surface area (Å²) in [6.45, 7) is 1.56. The normalized spacial score (nSPS) is 15.6. The fourth-order valence-electron chi connectivity index (χ4n) is 3.64. The molecule has 4 aromatic rings. The summed E-state index contributed by atoms with van der Waals surface area (Å²) in [6, 6.07) is 8.81. The van der Waals surface area contributed by atoms with Crippen molar-refractivity contribution in [3.8, 4) is 0 Å². The minimum Gasteiger partial charge on any atom is -0.423 e. The molecule has 1 saturated heterocycles. The van der Waals surface area contributed by atoms with Gasteiger partial charge in [0.25, 0.3) is 6.01 Å². The van der Waals surface area contributed by atoms with E-state index in [4.69, 9.17) is 4.42 Å². The van der Waals surface area contributed by atoms with E-state index in [1.165, 1.54) is 12.1 Å². The lowest BCUT2D eigenvalue weighted by atomic mass is 9.96. The van der Waals surface area contributed by atoms with Gasteiger partial charge in [-0.1, -0.05) is 0 Å². The van der Waals surface area contributed by atoms with E-state index >= 15 is 0 Å². The van der Waals surface area contributed by atoms with Crippen molar-refractivity contribution in [2.75, 3.05) is 37.0 Å². The second-order valence-electron chi connectivity index (χ2n) is 7.28. The average Bonchev–Trinajstić information content (AvgIpc) is 3.31. The molecule has 0 radical (unpaired) electrons. The summed E-state index contributed by atoms with van der Waals surface area (Å²) in [5, 5.41) is 13.3. The molecule has 1 fully saturated rings. The highest BCUT2D eigenvalue weighted by atomic mass is 19.1. The predicted octanol–water partition coefficient (Wildman–Crippen LogP) is 2.85. The lowest BCUT2D eigenvalue weighted by Crippen LogP contribution is -2.33. The lowest BCUT2D eigenvalue weighted by Gasteiger charge is -2.29. The summed E-state index contributed by atoms with van der Waals surface area (Å²) in [5.74, 6) is 1.70. The maximum Gasteiger partial charge on any atom is 0.298 e. The minimum absolute atomic E-state index is 0.262. The molecule has 0 amide bonds. The van der Waals surface area contributed by atoms with Crippen molar-refractivity contribution in [1.82, 2.24) is 24.8 Å². The first-order valence-corrected chi connectivity index (χ1v) is 9.29. The van der Waals surface area contributed by atoms with Crippen molar-refractivity contribution in [2.24, 2.45) is 0 Å². The molecule has 0 bridgehead atoms. The van der Waals surface area contributed by atoms with Crippen LogP contribution in [0.25, 0.3) is 16.7 Å². The number of hydrogen-bond donors (Lipinski definition) is 0. The second kappa shape index (κ2) is 6.43. The SMILES string of the molecule is CN(C)c1ccc2nnc(C3CCN(c4nc5cc(F)ccc5o4)CC3)n2n1. The van der Waals surface area contributed by atoms with E-state index in [1.54, 1.807) is 6.07 Å². The van der Waals surface area contributed by atoms with Crippen molar-refractivity contribution in [3.63, 3.8) is 0 Å². The van der Waals surface area contributed by atoms with Crippen LogP contribution in [-0.4, -0.2) is 52.0 Å². The number of aromatic nitrogens is 5. The molecule has 5 rings (SSSR count). The molecule has 0 atom stereocenters. The fraction of sp³-hybridized carbons (Fsp3) is 0.368. The van der Waals surface area contributed by atoms with Gasteiger partial charge in [-0.25, -0.2) is 4.39 Å². The van der Waals surface area contributed by atoms with Crippen molar-refractivity contribution >= 4 is 28.6 Å². The smallest absolute Gasteiger partial charge is 0.298 e. The summed E-state index contributed by atoms with van der Waals surface area (Å²) >= 11 is 0. The average molecular weight is 381 g/mol. The van der Waals surface area contributed by atoms with Crippen LogP contribution in [0, 0.1) is 5.82 Å². The number of hydrogen-bond acceptors (Lipinski definition) is 7. The van der Waals surface area contributed by atoms with Crippen LogP contribution >= 0.6 is 0 Å². The number of nitrogens with zero attached hydrogens (tertiary/aromatic N) is 7. The molecule has 1 aliphatic rings. The van der Waals surface area contributed by atoms with Crippen LogP contribution in [0.4, 0.5) is 16.2 Å². The monoisotopic (exact) mass is 381 g/mol. The number of anilines is 2. The van der Waals surface area contributed by atoms with E-state index in [0.29, 0.717) is 17.1 Å². The molecule has 0 saturated carbocycles. The zero-order valence-corrected chi connectivity index (χ0v) is 15.7. The molecule has 1 aliphatic heterocycles. The molecule has 0 N–H and O–H groups in total. The Hall–Kier alpha value is -3.23. The topological polar surface area (TPSA) is 75.6 Å². The van der Waals surface area contributed by atoms with Gasteiger partial charge in [-0.15, -0.1) is 15.3 Å². The van der Waals surface area contributed by atoms with Crippen LogP contribution in [0.5, 0.6) is 0 Å². The van der Waals surface area contributed by atoms with E-state index in [0.717, 1.165) is 43.2 Å². The van der Waals surface area contributed by atoms with Gasteiger partial charge in [-0.2, -0.15) is 9.50 Å². The van der Waals surface area contributed by atoms with Crippen molar-refractivity contribution in [2.45, 2.75) is 18.8 Å². The van der Waals surface area contributed by atoms with Gasteiger partial charge in [-0.3, -0.25) is 0 Å². The van der Waals surface area contributed by atoms with Crippen molar-refractivity contribution in [3.05, 3.63) is 42.0 Å². The summed E-state index contributed by atoms with van der Waals surface area (Å²) in [4.78, 5) is 8.49. The van der Waals surface area contributed by atoms with Gasteiger partial charge in [0.05, 0.1) is 0 Å². The molecular weight excluding hydrogens is 361 g/mol. The van der Waals surface area contributed by atoms with Crippen LogP contribution in [-0.2, 0) is 0 Å². The third-order valence-corrected chi connectivity index (χ3v) is 5.20. The van der Waals surface area contributed by atoms with Crippen molar-refractivity contribution < 1.29 is 8.81 Å².